The van der Waals surface area contributed by atoms with Crippen molar-refractivity contribution in [3.63, 3.8) is 0 Å². The molecule has 0 aromatic rings. The molecule has 5 nitrogen and oxygen atoms in total. The van der Waals surface area contributed by atoms with Gasteiger partial charge in [-0.1, -0.05) is 6.42 Å². The van der Waals surface area contributed by atoms with Gasteiger partial charge in [0.1, 0.15) is 0 Å². The van der Waals surface area contributed by atoms with Crippen LogP contribution < -0.4 is 11.1 Å². The number of carbonyl (C=O) groups excluding carboxylic acids is 1. The average molecular weight is 254 g/mol. The maximum Gasteiger partial charge on any atom is 0.314 e. The van der Waals surface area contributed by atoms with E-state index in [1.807, 2.05) is 0 Å². The smallest absolute Gasteiger partial charge is 0.314 e. The first kappa shape index (κ1) is 13.6. The molecular weight excluding hydrogens is 228 g/mol. The number of likely N-dealkylation sites (tertiary alicyclic amines) is 2. The van der Waals surface area contributed by atoms with Gasteiger partial charge in [0.05, 0.1) is 0 Å². The van der Waals surface area contributed by atoms with Crippen LogP contribution in [0.4, 0.5) is 4.79 Å². The fourth-order valence-corrected chi connectivity index (χ4v) is 2.91. The number of nitrogens with two attached hydrogens (primary N) is 1. The van der Waals surface area contributed by atoms with Gasteiger partial charge in [0.25, 0.3) is 0 Å². The molecule has 2 rings (SSSR count). The quantitative estimate of drug-likeness (QED) is 0.772. The molecule has 2 aliphatic heterocycles. The lowest BCUT2D eigenvalue weighted by atomic mass is 10.1. The minimum Gasteiger partial charge on any atom is -0.351 e. The van der Waals surface area contributed by atoms with E-state index in [1.54, 1.807) is 4.90 Å². The van der Waals surface area contributed by atoms with Crippen LogP contribution in [0, 0.1) is 0 Å². The van der Waals surface area contributed by atoms with Crippen LogP contribution >= 0.6 is 0 Å². The van der Waals surface area contributed by atoms with Crippen LogP contribution in [0.25, 0.3) is 0 Å². The van der Waals surface area contributed by atoms with Gasteiger partial charge in [0.15, 0.2) is 0 Å². The molecule has 2 heterocycles. The Labute approximate surface area is 110 Å². The van der Waals surface area contributed by atoms with Crippen molar-refractivity contribution >= 4 is 6.03 Å². The van der Waals surface area contributed by atoms with Crippen LogP contribution in [0.3, 0.4) is 0 Å². The third-order valence-corrected chi connectivity index (χ3v) is 4.12. The van der Waals surface area contributed by atoms with Crippen molar-refractivity contribution in [2.45, 2.75) is 38.1 Å². The summed E-state index contributed by atoms with van der Waals surface area (Å²) in [6.07, 6.45) is 6.18. The molecule has 0 spiro atoms. The Morgan fingerprint density at radius 3 is 2.39 bits per heavy atom. The summed E-state index contributed by atoms with van der Waals surface area (Å²) >= 11 is 0. The van der Waals surface area contributed by atoms with E-state index in [2.05, 4.69) is 10.2 Å². The van der Waals surface area contributed by atoms with E-state index in [-0.39, 0.29) is 6.03 Å². The first-order valence-electron chi connectivity index (χ1n) is 7.26. The maximum absolute atomic E-state index is 11.0. The Bertz CT molecular complexity index is 258. The number of nitrogens with zero attached hydrogens (tertiary/aromatic N) is 2. The highest BCUT2D eigenvalue weighted by atomic mass is 16.2. The number of carbonyl (C=O) groups is 1. The Morgan fingerprint density at radius 2 is 1.78 bits per heavy atom. The summed E-state index contributed by atoms with van der Waals surface area (Å²) in [4.78, 5) is 15.3. The second-order valence-corrected chi connectivity index (χ2v) is 5.46. The van der Waals surface area contributed by atoms with Crippen LogP contribution in [0.15, 0.2) is 0 Å². The standard InChI is InChI=1S/C13H26N4O/c14-13(18)17-9-4-12(5-10-17)15-6-11-16-7-2-1-3-8-16/h12,15H,1-11H2,(H2,14,18). The molecule has 2 fully saturated rings. The van der Waals surface area contributed by atoms with E-state index < -0.39 is 0 Å². The summed E-state index contributed by atoms with van der Waals surface area (Å²) < 4.78 is 0. The Hall–Kier alpha value is -0.810. The van der Waals surface area contributed by atoms with Crippen molar-refractivity contribution in [1.82, 2.24) is 15.1 Å². The van der Waals surface area contributed by atoms with E-state index in [0.29, 0.717) is 6.04 Å². The third kappa shape index (κ3) is 4.14. The van der Waals surface area contributed by atoms with Gasteiger partial charge in [-0.15, -0.1) is 0 Å². The minimum atomic E-state index is -0.276. The van der Waals surface area contributed by atoms with E-state index >= 15 is 0 Å². The molecule has 0 aromatic carbocycles. The fourth-order valence-electron chi connectivity index (χ4n) is 2.91. The highest BCUT2D eigenvalue weighted by molar-refractivity contribution is 5.72. The number of hydrogen-bond donors (Lipinski definition) is 2. The van der Waals surface area contributed by atoms with Crippen LogP contribution in [-0.4, -0.2) is 61.1 Å². The van der Waals surface area contributed by atoms with E-state index in [9.17, 15) is 4.79 Å². The molecule has 0 aromatic heterocycles. The summed E-state index contributed by atoms with van der Waals surface area (Å²) in [6.45, 7) is 6.37. The van der Waals surface area contributed by atoms with Gasteiger partial charge >= 0.3 is 6.03 Å². The van der Waals surface area contributed by atoms with Crippen LogP contribution in [0.5, 0.6) is 0 Å². The van der Waals surface area contributed by atoms with Gasteiger partial charge in [-0.2, -0.15) is 0 Å². The number of rotatable bonds is 4. The maximum atomic E-state index is 11.0. The lowest BCUT2D eigenvalue weighted by Gasteiger charge is -2.32. The molecule has 0 radical (unpaired) electrons. The monoisotopic (exact) mass is 254 g/mol. The molecule has 104 valence electrons. The summed E-state index contributed by atoms with van der Waals surface area (Å²) in [5, 5.41) is 3.61. The van der Waals surface area contributed by atoms with Crippen LogP contribution in [0.2, 0.25) is 0 Å². The SMILES string of the molecule is NC(=O)N1CCC(NCCN2CCCCC2)CC1. The van der Waals surface area contributed by atoms with Crippen LogP contribution in [0.1, 0.15) is 32.1 Å². The average Bonchev–Trinajstić information content (AvgIpc) is 2.40. The van der Waals surface area contributed by atoms with E-state index in [0.717, 1.165) is 39.0 Å². The molecule has 0 unspecified atom stereocenters. The molecule has 2 saturated heterocycles. The lowest BCUT2D eigenvalue weighted by molar-refractivity contribution is 0.181. The molecule has 3 N–H and O–H groups in total. The van der Waals surface area contributed by atoms with Crippen molar-refractivity contribution in [2.24, 2.45) is 5.73 Å². The van der Waals surface area contributed by atoms with Gasteiger partial charge < -0.3 is 20.9 Å². The molecule has 2 amide bonds. The predicted octanol–water partition coefficient (Wildman–Crippen LogP) is 0.605. The Kier molecular flexibility index (Phi) is 5.26. The van der Waals surface area contributed by atoms with Gasteiger partial charge in [0, 0.05) is 32.2 Å². The largest absolute Gasteiger partial charge is 0.351 e. The minimum absolute atomic E-state index is 0.276. The van der Waals surface area contributed by atoms with Crippen LogP contribution in [-0.2, 0) is 0 Å². The first-order chi connectivity index (χ1) is 8.75. The molecule has 18 heavy (non-hydrogen) atoms. The highest BCUT2D eigenvalue weighted by Crippen LogP contribution is 2.10. The van der Waals surface area contributed by atoms with Crippen molar-refractivity contribution in [3.05, 3.63) is 0 Å². The van der Waals surface area contributed by atoms with Gasteiger partial charge in [-0.05, 0) is 38.8 Å². The summed E-state index contributed by atoms with van der Waals surface area (Å²) in [7, 11) is 0. The number of amides is 2. The molecule has 0 saturated carbocycles. The van der Waals surface area contributed by atoms with E-state index in [1.165, 1.54) is 32.4 Å². The lowest BCUT2D eigenvalue weighted by Crippen LogP contribution is -2.48. The molecule has 2 aliphatic rings. The molecule has 0 aliphatic carbocycles. The number of urea groups is 1. The second kappa shape index (κ2) is 6.95. The van der Waals surface area contributed by atoms with Crippen molar-refractivity contribution < 1.29 is 4.79 Å². The zero-order valence-corrected chi connectivity index (χ0v) is 11.2. The van der Waals surface area contributed by atoms with Crippen molar-refractivity contribution in [2.75, 3.05) is 39.3 Å². The fraction of sp³-hybridized carbons (Fsp3) is 0.923. The van der Waals surface area contributed by atoms with Gasteiger partial charge in [-0.3, -0.25) is 0 Å². The number of nitrogens with one attached hydrogen (secondary N) is 1. The second-order valence-electron chi connectivity index (χ2n) is 5.46. The summed E-state index contributed by atoms with van der Waals surface area (Å²) in [5.74, 6) is 0. The first-order valence-corrected chi connectivity index (χ1v) is 7.26. The van der Waals surface area contributed by atoms with Gasteiger partial charge in [-0.25, -0.2) is 4.79 Å². The predicted molar refractivity (Wildman–Crippen MR) is 72.5 cm³/mol. The number of primary amides is 1. The highest BCUT2D eigenvalue weighted by Gasteiger charge is 2.20. The summed E-state index contributed by atoms with van der Waals surface area (Å²) in [5.41, 5.74) is 5.27. The molecule has 5 heteroatoms. The van der Waals surface area contributed by atoms with Gasteiger partial charge in [0.2, 0.25) is 0 Å². The molecule has 0 atom stereocenters. The topological polar surface area (TPSA) is 61.6 Å². The Morgan fingerprint density at radius 1 is 1.11 bits per heavy atom. The zero-order valence-electron chi connectivity index (χ0n) is 11.2. The number of piperidine rings is 2. The normalized spacial score (nSPS) is 23.2. The Balaban J connectivity index is 1.56. The zero-order chi connectivity index (χ0) is 12.8. The van der Waals surface area contributed by atoms with Crippen molar-refractivity contribution in [1.29, 1.82) is 0 Å². The van der Waals surface area contributed by atoms with Crippen molar-refractivity contribution in [3.8, 4) is 0 Å². The van der Waals surface area contributed by atoms with E-state index in [4.69, 9.17) is 5.73 Å². The molecule has 0 bridgehead atoms. The number of hydrogen-bond acceptors (Lipinski definition) is 3. The molecular formula is C13H26N4O. The summed E-state index contributed by atoms with van der Waals surface area (Å²) in [6, 6.07) is 0.284. The third-order valence-electron chi connectivity index (χ3n) is 4.12.